The van der Waals surface area contributed by atoms with Gasteiger partial charge in [-0.3, -0.25) is 9.59 Å². The summed E-state index contributed by atoms with van der Waals surface area (Å²) in [6, 6.07) is 11.4. The number of carbonyl (C=O) groups is 2. The fourth-order valence-electron chi connectivity index (χ4n) is 2.77. The number of para-hydroxylation sites is 1. The quantitative estimate of drug-likeness (QED) is 0.680. The molecule has 2 amide bonds. The van der Waals surface area contributed by atoms with Gasteiger partial charge in [0, 0.05) is 5.39 Å². The normalized spacial score (nSPS) is 11.4. The van der Waals surface area contributed by atoms with Crippen LogP contribution in [-0.2, 0) is 11.4 Å². The topological polar surface area (TPSA) is 94.6 Å². The van der Waals surface area contributed by atoms with Crippen LogP contribution in [0.15, 0.2) is 46.9 Å². The van der Waals surface area contributed by atoms with Gasteiger partial charge in [-0.1, -0.05) is 18.2 Å². The molecule has 0 aliphatic carbocycles. The number of ether oxygens (including phenoxy) is 1. The number of hydrogen-bond donors (Lipinski definition) is 2. The van der Waals surface area contributed by atoms with E-state index in [1.807, 2.05) is 0 Å². The van der Waals surface area contributed by atoms with E-state index < -0.39 is 23.2 Å². The molecule has 0 aliphatic rings. The number of aryl methyl sites for hydroxylation is 1. The molecule has 3 rings (SSSR count). The molecule has 0 fully saturated rings. The number of halogens is 1. The predicted molar refractivity (Wildman–Crippen MR) is 102 cm³/mol. The Balaban J connectivity index is 1.89. The number of hydrogen-bond acceptors (Lipinski definition) is 4. The Morgan fingerprint density at radius 2 is 1.93 bits per heavy atom. The first-order chi connectivity index (χ1) is 13.2. The average molecular weight is 384 g/mol. The van der Waals surface area contributed by atoms with Crippen molar-refractivity contribution in [2.75, 3.05) is 0 Å². The largest absolute Gasteiger partial charge is 0.486 e. The molecule has 0 aliphatic heterocycles. The van der Waals surface area contributed by atoms with E-state index >= 15 is 0 Å². The van der Waals surface area contributed by atoms with Crippen molar-refractivity contribution in [1.82, 2.24) is 5.32 Å². The third-order valence-electron chi connectivity index (χ3n) is 4.43. The molecule has 0 saturated carbocycles. The molecule has 3 aromatic rings. The molecule has 1 heterocycles. The van der Waals surface area contributed by atoms with Gasteiger partial charge in [-0.15, -0.1) is 0 Å². The first kappa shape index (κ1) is 19.4. The highest BCUT2D eigenvalue weighted by Crippen LogP contribution is 2.28. The minimum absolute atomic E-state index is 0.120. The fraction of sp³-hybridized carbons (Fsp3) is 0.238. The number of nitrogens with one attached hydrogen (secondary N) is 1. The van der Waals surface area contributed by atoms with Crippen molar-refractivity contribution < 1.29 is 23.1 Å². The minimum Gasteiger partial charge on any atom is -0.486 e. The van der Waals surface area contributed by atoms with Crippen LogP contribution in [0.25, 0.3) is 11.0 Å². The second-order valence-electron chi connectivity index (χ2n) is 7.03. The van der Waals surface area contributed by atoms with Crippen LogP contribution in [0.4, 0.5) is 4.39 Å². The second kappa shape index (κ2) is 7.34. The molecule has 6 nitrogen and oxygen atoms in total. The van der Waals surface area contributed by atoms with Gasteiger partial charge >= 0.3 is 0 Å². The average Bonchev–Trinajstić information content (AvgIpc) is 2.95. The molecule has 1 aromatic heterocycles. The lowest BCUT2D eigenvalue weighted by Gasteiger charge is -2.22. The van der Waals surface area contributed by atoms with Crippen LogP contribution < -0.4 is 15.8 Å². The van der Waals surface area contributed by atoms with Gasteiger partial charge in [-0.2, -0.15) is 0 Å². The lowest BCUT2D eigenvalue weighted by molar-refractivity contribution is -0.122. The van der Waals surface area contributed by atoms with Gasteiger partial charge in [0.1, 0.15) is 23.5 Å². The van der Waals surface area contributed by atoms with Crippen molar-refractivity contribution in [2.45, 2.75) is 32.9 Å². The highest BCUT2D eigenvalue weighted by molar-refractivity contribution is 6.08. The molecule has 2 aromatic carbocycles. The first-order valence-corrected chi connectivity index (χ1v) is 8.71. The summed E-state index contributed by atoms with van der Waals surface area (Å²) in [5.74, 6) is -0.999. The Bertz CT molecular complexity index is 1060. The molecule has 0 unspecified atom stereocenters. The second-order valence-corrected chi connectivity index (χ2v) is 7.03. The Morgan fingerprint density at radius 3 is 2.61 bits per heavy atom. The van der Waals surface area contributed by atoms with Crippen LogP contribution >= 0.6 is 0 Å². The smallest absolute Gasteiger partial charge is 0.256 e. The molecule has 7 heteroatoms. The number of rotatable bonds is 6. The molecule has 28 heavy (non-hydrogen) atoms. The summed E-state index contributed by atoms with van der Waals surface area (Å²) in [7, 11) is 0. The Labute approximate surface area is 161 Å². The summed E-state index contributed by atoms with van der Waals surface area (Å²) in [5, 5.41) is 3.20. The minimum atomic E-state index is -1.21. The summed E-state index contributed by atoms with van der Waals surface area (Å²) in [4.78, 5) is 24.2. The number of nitrogens with two attached hydrogens (primary N) is 1. The number of primary amides is 1. The predicted octanol–water partition coefficient (Wildman–Crippen LogP) is 3.45. The van der Waals surface area contributed by atoms with Gasteiger partial charge in [0.05, 0.1) is 5.56 Å². The van der Waals surface area contributed by atoms with Crippen molar-refractivity contribution in [3.8, 4) is 5.75 Å². The van der Waals surface area contributed by atoms with Crippen molar-refractivity contribution in [1.29, 1.82) is 0 Å². The molecule has 0 spiro atoms. The summed E-state index contributed by atoms with van der Waals surface area (Å²) in [6.45, 7) is 4.84. The zero-order valence-electron chi connectivity index (χ0n) is 15.8. The molecule has 0 radical (unpaired) electrons. The summed E-state index contributed by atoms with van der Waals surface area (Å²) < 4.78 is 24.9. The van der Waals surface area contributed by atoms with Crippen molar-refractivity contribution in [3.05, 3.63) is 65.2 Å². The van der Waals surface area contributed by atoms with Crippen LogP contribution in [0, 0.1) is 12.7 Å². The molecule has 3 N–H and O–H groups in total. The maximum Gasteiger partial charge on any atom is 0.256 e. The van der Waals surface area contributed by atoms with E-state index in [1.54, 1.807) is 43.3 Å². The summed E-state index contributed by atoms with van der Waals surface area (Å²) >= 11 is 0. The molecular formula is C21H21FN2O4. The zero-order valence-corrected chi connectivity index (χ0v) is 15.8. The maximum absolute atomic E-state index is 13.7. The summed E-state index contributed by atoms with van der Waals surface area (Å²) in [6.07, 6.45) is 0. The number of fused-ring (bicyclic) bond motifs is 1. The Hall–Kier alpha value is -3.35. The highest BCUT2D eigenvalue weighted by atomic mass is 19.1. The van der Waals surface area contributed by atoms with Gasteiger partial charge < -0.3 is 20.2 Å². The standard InChI is InChI=1S/C21H21FN2O4/c1-12-18(19(25)24-21(2,3)20(23)26)14-10-13(8-9-16(14)28-12)11-27-17-7-5-4-6-15(17)22/h4-10H,11H2,1-3H3,(H2,23,26)(H,24,25). The molecular weight excluding hydrogens is 363 g/mol. The molecule has 0 bridgehead atoms. The third kappa shape index (κ3) is 3.83. The third-order valence-corrected chi connectivity index (χ3v) is 4.43. The van der Waals surface area contributed by atoms with Gasteiger partial charge in [-0.25, -0.2) is 4.39 Å². The van der Waals surface area contributed by atoms with Crippen LogP contribution in [0.5, 0.6) is 5.75 Å². The Morgan fingerprint density at radius 1 is 1.21 bits per heavy atom. The van der Waals surface area contributed by atoms with E-state index in [0.717, 1.165) is 5.56 Å². The van der Waals surface area contributed by atoms with Gasteiger partial charge in [0.2, 0.25) is 5.91 Å². The van der Waals surface area contributed by atoms with Gasteiger partial charge in [0.25, 0.3) is 5.91 Å². The lowest BCUT2D eigenvalue weighted by atomic mass is 10.0. The van der Waals surface area contributed by atoms with Crippen LogP contribution in [-0.4, -0.2) is 17.4 Å². The van der Waals surface area contributed by atoms with E-state index in [2.05, 4.69) is 5.32 Å². The Kier molecular flexibility index (Phi) is 5.09. The van der Waals surface area contributed by atoms with Crippen molar-refractivity contribution in [3.63, 3.8) is 0 Å². The molecule has 0 atom stereocenters. The van der Waals surface area contributed by atoms with Crippen LogP contribution in [0.2, 0.25) is 0 Å². The summed E-state index contributed by atoms with van der Waals surface area (Å²) in [5.41, 5.74) is 5.69. The van der Waals surface area contributed by atoms with Crippen molar-refractivity contribution in [2.24, 2.45) is 5.73 Å². The van der Waals surface area contributed by atoms with E-state index in [9.17, 15) is 14.0 Å². The molecule has 146 valence electrons. The fourth-order valence-corrected chi connectivity index (χ4v) is 2.77. The van der Waals surface area contributed by atoms with E-state index in [0.29, 0.717) is 22.3 Å². The van der Waals surface area contributed by atoms with Gasteiger partial charge in [0.15, 0.2) is 11.6 Å². The number of benzene rings is 2. The highest BCUT2D eigenvalue weighted by Gasteiger charge is 2.29. The molecule has 0 saturated heterocycles. The van der Waals surface area contributed by atoms with Crippen LogP contribution in [0.1, 0.15) is 35.5 Å². The van der Waals surface area contributed by atoms with E-state index in [-0.39, 0.29) is 12.4 Å². The maximum atomic E-state index is 13.7. The number of carbonyl (C=O) groups excluding carboxylic acids is 2. The van der Waals surface area contributed by atoms with E-state index in [1.165, 1.54) is 19.9 Å². The first-order valence-electron chi connectivity index (χ1n) is 8.71. The van der Waals surface area contributed by atoms with Crippen LogP contribution in [0.3, 0.4) is 0 Å². The van der Waals surface area contributed by atoms with E-state index in [4.69, 9.17) is 14.9 Å². The number of furan rings is 1. The van der Waals surface area contributed by atoms with Gasteiger partial charge in [-0.05, 0) is 50.6 Å². The van der Waals surface area contributed by atoms with Crippen molar-refractivity contribution >= 4 is 22.8 Å². The lowest BCUT2D eigenvalue weighted by Crippen LogP contribution is -2.53. The number of amides is 2. The zero-order chi connectivity index (χ0) is 20.5. The SMILES string of the molecule is Cc1oc2ccc(COc3ccccc3F)cc2c1C(=O)NC(C)(C)C(N)=O. The monoisotopic (exact) mass is 384 g/mol.